The van der Waals surface area contributed by atoms with Crippen molar-refractivity contribution in [1.82, 2.24) is 0 Å². The van der Waals surface area contributed by atoms with Gasteiger partial charge in [0.25, 0.3) is 0 Å². The summed E-state index contributed by atoms with van der Waals surface area (Å²) in [5, 5.41) is 0. The van der Waals surface area contributed by atoms with Gasteiger partial charge in [0.15, 0.2) is 0 Å². The molecule has 1 rings (SSSR count). The van der Waals surface area contributed by atoms with Crippen LogP contribution >= 0.6 is 0 Å². The summed E-state index contributed by atoms with van der Waals surface area (Å²) in [6.45, 7) is 6.58. The Balaban J connectivity index is 2.36. The predicted octanol–water partition coefficient (Wildman–Crippen LogP) is 2.73. The zero-order valence-corrected chi connectivity index (χ0v) is 10.5. The van der Waals surface area contributed by atoms with Gasteiger partial charge in [0.1, 0.15) is 12.2 Å². The summed E-state index contributed by atoms with van der Waals surface area (Å²) in [6, 6.07) is 0. The highest BCUT2D eigenvalue weighted by molar-refractivity contribution is 5.96. The van der Waals surface area contributed by atoms with Crippen molar-refractivity contribution in [2.24, 2.45) is 11.3 Å². The highest BCUT2D eigenvalue weighted by Gasteiger charge is 2.31. The second-order valence-electron chi connectivity index (χ2n) is 5.39. The van der Waals surface area contributed by atoms with Crippen LogP contribution in [-0.4, -0.2) is 18.4 Å². The molecule has 0 unspecified atom stereocenters. The van der Waals surface area contributed by atoms with Crippen molar-refractivity contribution in [2.45, 2.75) is 52.9 Å². The van der Waals surface area contributed by atoms with Gasteiger partial charge in [-0.3, -0.25) is 9.59 Å². The minimum atomic E-state index is -0.377. The van der Waals surface area contributed by atoms with E-state index in [2.05, 4.69) is 13.8 Å². The van der Waals surface area contributed by atoms with E-state index in [1.54, 1.807) is 6.92 Å². The van der Waals surface area contributed by atoms with Crippen molar-refractivity contribution in [1.29, 1.82) is 0 Å². The number of hydrogen-bond donors (Lipinski definition) is 0. The maximum absolute atomic E-state index is 11.8. The standard InChI is InChI=1S/C13H22O3/c1-4-16-12(15)9-11(14)10-5-7-13(2,3)8-6-10/h10H,4-9H2,1-3H3. The lowest BCUT2D eigenvalue weighted by Crippen LogP contribution is -2.27. The van der Waals surface area contributed by atoms with Crippen LogP contribution in [0.15, 0.2) is 0 Å². The number of esters is 1. The molecule has 3 heteroatoms. The Morgan fingerprint density at radius 2 is 1.81 bits per heavy atom. The number of Topliss-reactive ketones (excluding diaryl/α,β-unsaturated/α-hetero) is 1. The Labute approximate surface area is 97.5 Å². The maximum Gasteiger partial charge on any atom is 0.313 e. The van der Waals surface area contributed by atoms with E-state index >= 15 is 0 Å². The van der Waals surface area contributed by atoms with Gasteiger partial charge in [-0.25, -0.2) is 0 Å². The van der Waals surface area contributed by atoms with Gasteiger partial charge in [-0.05, 0) is 38.0 Å². The average Bonchev–Trinajstić information content (AvgIpc) is 2.17. The van der Waals surface area contributed by atoms with Crippen LogP contribution in [0.2, 0.25) is 0 Å². The van der Waals surface area contributed by atoms with Crippen molar-refractivity contribution in [2.75, 3.05) is 6.61 Å². The molecule has 0 radical (unpaired) electrons. The van der Waals surface area contributed by atoms with Crippen LogP contribution in [0, 0.1) is 11.3 Å². The molecule has 1 aliphatic rings. The van der Waals surface area contributed by atoms with E-state index in [1.165, 1.54) is 0 Å². The van der Waals surface area contributed by atoms with E-state index in [9.17, 15) is 9.59 Å². The van der Waals surface area contributed by atoms with E-state index in [4.69, 9.17) is 4.74 Å². The van der Waals surface area contributed by atoms with E-state index in [1.807, 2.05) is 0 Å². The lowest BCUT2D eigenvalue weighted by molar-refractivity contribution is -0.146. The minimum absolute atomic E-state index is 0.0427. The molecule has 1 saturated carbocycles. The Bertz CT molecular complexity index is 258. The van der Waals surface area contributed by atoms with E-state index in [-0.39, 0.29) is 24.1 Å². The first kappa shape index (κ1) is 13.2. The topological polar surface area (TPSA) is 43.4 Å². The molecule has 0 saturated heterocycles. The quantitative estimate of drug-likeness (QED) is 0.547. The number of carbonyl (C=O) groups excluding carboxylic acids is 2. The minimum Gasteiger partial charge on any atom is -0.466 e. The maximum atomic E-state index is 11.8. The molecule has 0 aromatic carbocycles. The van der Waals surface area contributed by atoms with Gasteiger partial charge < -0.3 is 4.74 Å². The third-order valence-corrected chi connectivity index (χ3v) is 3.42. The first-order chi connectivity index (χ1) is 7.44. The van der Waals surface area contributed by atoms with E-state index in [0.717, 1.165) is 25.7 Å². The van der Waals surface area contributed by atoms with Gasteiger partial charge in [-0.15, -0.1) is 0 Å². The molecule has 0 amide bonds. The zero-order chi connectivity index (χ0) is 12.2. The van der Waals surface area contributed by atoms with Gasteiger partial charge in [0.2, 0.25) is 0 Å². The molecule has 1 aliphatic carbocycles. The SMILES string of the molecule is CCOC(=O)CC(=O)C1CCC(C)(C)CC1. The lowest BCUT2D eigenvalue weighted by Gasteiger charge is -2.33. The summed E-state index contributed by atoms with van der Waals surface area (Å²) in [6.07, 6.45) is 3.95. The summed E-state index contributed by atoms with van der Waals surface area (Å²) < 4.78 is 4.78. The fourth-order valence-corrected chi connectivity index (χ4v) is 2.22. The summed E-state index contributed by atoms with van der Waals surface area (Å²) in [5.41, 5.74) is 0.362. The Morgan fingerprint density at radius 3 is 2.31 bits per heavy atom. The predicted molar refractivity (Wildman–Crippen MR) is 62.0 cm³/mol. The van der Waals surface area contributed by atoms with Crippen LogP contribution in [0.1, 0.15) is 52.9 Å². The highest BCUT2D eigenvalue weighted by atomic mass is 16.5. The molecule has 16 heavy (non-hydrogen) atoms. The molecule has 92 valence electrons. The van der Waals surface area contributed by atoms with Gasteiger partial charge in [0.05, 0.1) is 6.61 Å². The fraction of sp³-hybridized carbons (Fsp3) is 0.846. The summed E-state index contributed by atoms with van der Waals surface area (Å²) >= 11 is 0. The van der Waals surface area contributed by atoms with Gasteiger partial charge in [0, 0.05) is 5.92 Å². The summed E-state index contributed by atoms with van der Waals surface area (Å²) in [7, 11) is 0. The monoisotopic (exact) mass is 226 g/mol. The first-order valence-electron chi connectivity index (χ1n) is 6.13. The molecule has 0 atom stereocenters. The fourth-order valence-electron chi connectivity index (χ4n) is 2.22. The molecular weight excluding hydrogens is 204 g/mol. The third-order valence-electron chi connectivity index (χ3n) is 3.42. The third kappa shape index (κ3) is 3.95. The summed E-state index contributed by atoms with van der Waals surface area (Å²) in [5.74, 6) is -0.233. The van der Waals surface area contributed by atoms with E-state index < -0.39 is 0 Å². The highest BCUT2D eigenvalue weighted by Crippen LogP contribution is 2.38. The first-order valence-corrected chi connectivity index (χ1v) is 6.13. The van der Waals surface area contributed by atoms with Crippen LogP contribution in [-0.2, 0) is 14.3 Å². The average molecular weight is 226 g/mol. The molecule has 1 fully saturated rings. The van der Waals surface area contributed by atoms with Crippen LogP contribution in [0.5, 0.6) is 0 Å². The summed E-state index contributed by atoms with van der Waals surface area (Å²) in [4.78, 5) is 23.0. The molecule has 0 aliphatic heterocycles. The van der Waals surface area contributed by atoms with Crippen LogP contribution < -0.4 is 0 Å². The van der Waals surface area contributed by atoms with Crippen molar-refractivity contribution in [3.8, 4) is 0 Å². The lowest BCUT2D eigenvalue weighted by atomic mass is 9.72. The number of rotatable bonds is 4. The molecular formula is C13H22O3. The smallest absolute Gasteiger partial charge is 0.313 e. The molecule has 0 spiro atoms. The van der Waals surface area contributed by atoms with Gasteiger partial charge in [-0.1, -0.05) is 13.8 Å². The Kier molecular flexibility index (Phi) is 4.51. The van der Waals surface area contributed by atoms with Crippen LogP contribution in [0.25, 0.3) is 0 Å². The molecule has 0 aromatic heterocycles. The molecule has 0 heterocycles. The van der Waals surface area contributed by atoms with Crippen molar-refractivity contribution < 1.29 is 14.3 Å². The van der Waals surface area contributed by atoms with Gasteiger partial charge in [-0.2, -0.15) is 0 Å². The molecule has 3 nitrogen and oxygen atoms in total. The van der Waals surface area contributed by atoms with Gasteiger partial charge >= 0.3 is 5.97 Å². The van der Waals surface area contributed by atoms with Crippen molar-refractivity contribution in [3.63, 3.8) is 0 Å². The Morgan fingerprint density at radius 1 is 1.25 bits per heavy atom. The number of ether oxygens (including phenoxy) is 1. The normalized spacial score (nSPS) is 20.4. The second-order valence-corrected chi connectivity index (χ2v) is 5.39. The number of ketones is 1. The van der Waals surface area contributed by atoms with Crippen molar-refractivity contribution in [3.05, 3.63) is 0 Å². The molecule has 0 N–H and O–H groups in total. The zero-order valence-electron chi connectivity index (χ0n) is 10.5. The number of hydrogen-bond acceptors (Lipinski definition) is 3. The van der Waals surface area contributed by atoms with Crippen LogP contribution in [0.4, 0.5) is 0 Å². The Hall–Kier alpha value is -0.860. The van der Waals surface area contributed by atoms with E-state index in [0.29, 0.717) is 12.0 Å². The van der Waals surface area contributed by atoms with Crippen LogP contribution in [0.3, 0.4) is 0 Å². The van der Waals surface area contributed by atoms with Crippen molar-refractivity contribution >= 4 is 11.8 Å². The largest absolute Gasteiger partial charge is 0.466 e. The second kappa shape index (κ2) is 5.46. The number of carbonyl (C=O) groups is 2. The molecule has 0 bridgehead atoms. The molecule has 0 aromatic rings.